The molecule has 5 nitrogen and oxygen atoms in total. The maximum atomic E-state index is 9.81. The highest BCUT2D eigenvalue weighted by Gasteiger charge is 2.20. The minimum absolute atomic E-state index is 0.316. The molecule has 1 N–H and O–H groups in total. The van der Waals surface area contributed by atoms with Crippen LogP contribution in [0, 0.1) is 5.92 Å². The van der Waals surface area contributed by atoms with Gasteiger partial charge < -0.3 is 9.84 Å². The number of aryl methyl sites for hydroxylation is 1. The second-order valence-electron chi connectivity index (χ2n) is 5.96. The summed E-state index contributed by atoms with van der Waals surface area (Å²) in [6, 6.07) is 5.90. The second kappa shape index (κ2) is 5.85. The number of aliphatic hydroxyl groups excluding tert-OH is 1. The van der Waals surface area contributed by atoms with Crippen LogP contribution < -0.4 is 4.74 Å². The van der Waals surface area contributed by atoms with Gasteiger partial charge in [0.25, 0.3) is 0 Å². The lowest BCUT2D eigenvalue weighted by Gasteiger charge is -2.11. The highest BCUT2D eigenvalue weighted by Crippen LogP contribution is 2.33. The predicted molar refractivity (Wildman–Crippen MR) is 78.9 cm³/mol. The Morgan fingerprint density at radius 2 is 2.29 bits per heavy atom. The number of hydrogen-bond donors (Lipinski definition) is 1. The van der Waals surface area contributed by atoms with E-state index in [0.29, 0.717) is 12.5 Å². The van der Waals surface area contributed by atoms with Crippen LogP contribution in [0.1, 0.15) is 43.3 Å². The highest BCUT2D eigenvalue weighted by molar-refractivity contribution is 5.39. The van der Waals surface area contributed by atoms with Crippen LogP contribution in [0.15, 0.2) is 24.5 Å². The van der Waals surface area contributed by atoms with Crippen LogP contribution in [0.2, 0.25) is 0 Å². The Bertz CT molecular complexity index is 622. The van der Waals surface area contributed by atoms with Crippen molar-refractivity contribution in [3.8, 4) is 5.75 Å². The predicted octanol–water partition coefficient (Wildman–Crippen LogP) is 2.49. The van der Waals surface area contributed by atoms with Crippen LogP contribution in [0.5, 0.6) is 5.75 Å². The molecule has 1 atom stereocenters. The monoisotopic (exact) mass is 287 g/mol. The average Bonchev–Trinajstić information content (AvgIpc) is 3.03. The molecule has 1 aliphatic carbocycles. The maximum absolute atomic E-state index is 9.81. The molecule has 0 bridgehead atoms. The molecule has 3 rings (SSSR count). The van der Waals surface area contributed by atoms with E-state index in [0.717, 1.165) is 36.5 Å². The van der Waals surface area contributed by atoms with Crippen molar-refractivity contribution in [3.63, 3.8) is 0 Å². The van der Waals surface area contributed by atoms with Crippen molar-refractivity contribution in [2.24, 2.45) is 5.92 Å². The number of nitrogens with zero attached hydrogens (tertiary/aromatic N) is 3. The van der Waals surface area contributed by atoms with E-state index in [9.17, 15) is 5.11 Å². The molecule has 0 aliphatic heterocycles. The molecule has 2 aromatic rings. The molecule has 0 saturated carbocycles. The number of ether oxygens (including phenoxy) is 1. The number of rotatable bonds is 5. The quantitative estimate of drug-likeness (QED) is 0.918. The van der Waals surface area contributed by atoms with Gasteiger partial charge in [0.05, 0.1) is 6.10 Å². The Morgan fingerprint density at radius 1 is 1.43 bits per heavy atom. The molecule has 1 aromatic heterocycles. The molecule has 0 radical (unpaired) electrons. The largest absolute Gasteiger partial charge is 0.486 e. The molecule has 0 unspecified atom stereocenters. The molecular weight excluding hydrogens is 266 g/mol. The fraction of sp³-hybridized carbons (Fsp3) is 0.500. The zero-order chi connectivity index (χ0) is 14.8. The number of hydrogen-bond acceptors (Lipinski definition) is 4. The summed E-state index contributed by atoms with van der Waals surface area (Å²) in [5.74, 6) is 2.18. The summed E-state index contributed by atoms with van der Waals surface area (Å²) in [5.41, 5.74) is 2.22. The summed E-state index contributed by atoms with van der Waals surface area (Å²) in [4.78, 5) is 4.26. The minimum Gasteiger partial charge on any atom is -0.486 e. The minimum atomic E-state index is -0.316. The van der Waals surface area contributed by atoms with Crippen molar-refractivity contribution >= 4 is 0 Å². The molecule has 0 saturated heterocycles. The van der Waals surface area contributed by atoms with Gasteiger partial charge in [-0.3, -0.25) is 0 Å². The molecule has 1 aromatic carbocycles. The number of aromatic nitrogens is 3. The van der Waals surface area contributed by atoms with Crippen LogP contribution in [0.3, 0.4) is 0 Å². The normalized spacial score (nSPS) is 17.2. The Labute approximate surface area is 124 Å². The molecule has 1 aliphatic rings. The fourth-order valence-corrected chi connectivity index (χ4v) is 2.71. The van der Waals surface area contributed by atoms with Crippen molar-refractivity contribution in [2.45, 2.75) is 45.9 Å². The molecular formula is C16H21N3O2. The van der Waals surface area contributed by atoms with Crippen LogP contribution in [-0.4, -0.2) is 19.9 Å². The van der Waals surface area contributed by atoms with E-state index in [1.807, 2.05) is 22.9 Å². The summed E-state index contributed by atoms with van der Waals surface area (Å²) in [5, 5.41) is 14.0. The van der Waals surface area contributed by atoms with Gasteiger partial charge in [0.15, 0.2) is 5.82 Å². The number of fused-ring (bicyclic) bond motifs is 1. The molecule has 0 fully saturated rings. The first kappa shape index (κ1) is 14.1. The number of aliphatic hydroxyl groups is 1. The zero-order valence-electron chi connectivity index (χ0n) is 12.5. The summed E-state index contributed by atoms with van der Waals surface area (Å²) in [6.07, 6.45) is 2.97. The van der Waals surface area contributed by atoms with Gasteiger partial charge in [-0.2, -0.15) is 5.10 Å². The summed E-state index contributed by atoms with van der Waals surface area (Å²) in [7, 11) is 0. The van der Waals surface area contributed by atoms with Gasteiger partial charge in [0, 0.05) is 6.54 Å². The fourth-order valence-electron chi connectivity index (χ4n) is 2.71. The van der Waals surface area contributed by atoms with Gasteiger partial charge in [0.1, 0.15) is 18.7 Å². The topological polar surface area (TPSA) is 60.2 Å². The van der Waals surface area contributed by atoms with E-state index in [2.05, 4.69) is 23.9 Å². The van der Waals surface area contributed by atoms with Crippen molar-refractivity contribution < 1.29 is 9.84 Å². The lowest BCUT2D eigenvalue weighted by atomic mass is 10.1. The second-order valence-corrected chi connectivity index (χ2v) is 5.96. The van der Waals surface area contributed by atoms with Crippen LogP contribution in [0.25, 0.3) is 0 Å². The third-order valence-electron chi connectivity index (χ3n) is 3.76. The maximum Gasteiger partial charge on any atom is 0.164 e. The van der Waals surface area contributed by atoms with E-state index < -0.39 is 0 Å². The Hall–Kier alpha value is -1.88. The van der Waals surface area contributed by atoms with Crippen LogP contribution in [-0.2, 0) is 19.6 Å². The van der Waals surface area contributed by atoms with Gasteiger partial charge in [-0.1, -0.05) is 19.9 Å². The van der Waals surface area contributed by atoms with Gasteiger partial charge in [-0.25, -0.2) is 9.67 Å². The van der Waals surface area contributed by atoms with Crippen molar-refractivity contribution in [2.75, 3.05) is 0 Å². The summed E-state index contributed by atoms with van der Waals surface area (Å²) >= 11 is 0. The third-order valence-corrected chi connectivity index (χ3v) is 3.76. The molecule has 0 amide bonds. The Kier molecular flexibility index (Phi) is 3.92. The van der Waals surface area contributed by atoms with Crippen LogP contribution in [0.4, 0.5) is 0 Å². The Balaban J connectivity index is 1.67. The molecule has 21 heavy (non-hydrogen) atoms. The summed E-state index contributed by atoms with van der Waals surface area (Å²) < 4.78 is 7.72. The highest BCUT2D eigenvalue weighted by atomic mass is 16.5. The third kappa shape index (κ3) is 3.08. The lowest BCUT2D eigenvalue weighted by Crippen LogP contribution is -2.12. The van der Waals surface area contributed by atoms with Crippen molar-refractivity contribution in [1.82, 2.24) is 14.8 Å². The van der Waals surface area contributed by atoms with Gasteiger partial charge >= 0.3 is 0 Å². The first-order valence-corrected chi connectivity index (χ1v) is 7.44. The Morgan fingerprint density at radius 3 is 3.10 bits per heavy atom. The smallest absolute Gasteiger partial charge is 0.164 e. The molecule has 0 spiro atoms. The molecule has 5 heteroatoms. The number of benzene rings is 1. The zero-order valence-corrected chi connectivity index (χ0v) is 12.5. The van der Waals surface area contributed by atoms with Crippen molar-refractivity contribution in [3.05, 3.63) is 41.5 Å². The molecule has 112 valence electrons. The van der Waals surface area contributed by atoms with Crippen LogP contribution >= 0.6 is 0 Å². The molecule has 1 heterocycles. The van der Waals surface area contributed by atoms with E-state index >= 15 is 0 Å². The van der Waals surface area contributed by atoms with E-state index in [1.165, 1.54) is 5.56 Å². The first-order chi connectivity index (χ1) is 10.1. The van der Waals surface area contributed by atoms with Gasteiger partial charge in [-0.05, 0) is 42.0 Å². The summed E-state index contributed by atoms with van der Waals surface area (Å²) in [6.45, 7) is 5.55. The lowest BCUT2D eigenvalue weighted by molar-refractivity contribution is 0.180. The average molecular weight is 287 g/mol. The first-order valence-electron chi connectivity index (χ1n) is 7.44. The van der Waals surface area contributed by atoms with E-state index in [4.69, 9.17) is 4.74 Å². The van der Waals surface area contributed by atoms with Crippen molar-refractivity contribution in [1.29, 1.82) is 0 Å². The van der Waals surface area contributed by atoms with Gasteiger partial charge in [0.2, 0.25) is 0 Å². The standard InChI is InChI=1S/C16H21N3O2/c1-11(2)8-19-16(17-10-18-19)9-21-13-4-5-14-12(7-13)3-6-15(14)20/h4-5,7,10-11,15,20H,3,6,8-9H2,1-2H3/t15-/m1/s1. The van der Waals surface area contributed by atoms with Gasteiger partial charge in [-0.15, -0.1) is 0 Å². The SMILES string of the molecule is CC(C)Cn1ncnc1COc1ccc2c(c1)CC[C@H]2O. The van der Waals surface area contributed by atoms with E-state index in [-0.39, 0.29) is 6.10 Å². The van der Waals surface area contributed by atoms with E-state index in [1.54, 1.807) is 6.33 Å².